The van der Waals surface area contributed by atoms with Gasteiger partial charge < -0.3 is 5.11 Å². The second-order valence-electron chi connectivity index (χ2n) is 9.34. The average Bonchev–Trinajstić information content (AvgIpc) is 3.06. The first-order chi connectivity index (χ1) is 15.6. The highest BCUT2D eigenvalue weighted by atomic mass is 79.9. The molecule has 3 aromatic carbocycles. The van der Waals surface area contributed by atoms with E-state index in [0.29, 0.717) is 11.3 Å². The number of hydrogen-bond donors (Lipinski definition) is 1. The molecule has 168 valence electrons. The fraction of sp³-hybridized carbons (Fsp3) is 0.214. The second kappa shape index (κ2) is 8.64. The lowest BCUT2D eigenvalue weighted by molar-refractivity contribution is -0.132. The molecule has 0 saturated carbocycles. The number of Topliss-reactive ketones (excluding diaryl/α,β-unsaturated/α-hetero) is 1. The molecule has 33 heavy (non-hydrogen) atoms. The Hall–Kier alpha value is -3.18. The highest BCUT2D eigenvalue weighted by Crippen LogP contribution is 2.42. The zero-order valence-corrected chi connectivity index (χ0v) is 20.7. The molecule has 1 saturated heterocycles. The quantitative estimate of drug-likeness (QED) is 0.246. The number of nitrogens with zero attached hydrogens (tertiary/aromatic N) is 1. The number of halogens is 1. The predicted molar refractivity (Wildman–Crippen MR) is 135 cm³/mol. The molecule has 4 rings (SSSR count). The van der Waals surface area contributed by atoms with Gasteiger partial charge >= 0.3 is 0 Å². The number of para-hydroxylation sites is 1. The fourth-order valence-corrected chi connectivity index (χ4v) is 4.36. The summed E-state index contributed by atoms with van der Waals surface area (Å²) in [5, 5.41) is 11.3. The normalized spacial score (nSPS) is 18.1. The van der Waals surface area contributed by atoms with Crippen LogP contribution in [0.25, 0.3) is 5.76 Å². The van der Waals surface area contributed by atoms with Crippen LogP contribution in [-0.2, 0) is 15.0 Å². The molecule has 0 spiro atoms. The van der Waals surface area contributed by atoms with E-state index < -0.39 is 17.7 Å². The summed E-state index contributed by atoms with van der Waals surface area (Å²) in [6.07, 6.45) is 0. The van der Waals surface area contributed by atoms with Gasteiger partial charge in [-0.2, -0.15) is 0 Å². The summed E-state index contributed by atoms with van der Waals surface area (Å²) >= 11 is 3.47. The minimum absolute atomic E-state index is 0.0330. The maximum atomic E-state index is 13.2. The Kier molecular flexibility index (Phi) is 6.02. The third-order valence-corrected chi connectivity index (χ3v) is 6.89. The Morgan fingerprint density at radius 3 is 2.15 bits per heavy atom. The smallest absolute Gasteiger partial charge is 0.300 e. The number of amides is 1. The van der Waals surface area contributed by atoms with Gasteiger partial charge in [0.2, 0.25) is 0 Å². The van der Waals surface area contributed by atoms with Gasteiger partial charge in [-0.3, -0.25) is 14.5 Å². The number of hydrogen-bond acceptors (Lipinski definition) is 3. The first-order valence-corrected chi connectivity index (χ1v) is 11.6. The van der Waals surface area contributed by atoms with Crippen molar-refractivity contribution in [2.45, 2.75) is 39.2 Å². The molecule has 4 nitrogen and oxygen atoms in total. The monoisotopic (exact) mass is 503 g/mol. The van der Waals surface area contributed by atoms with E-state index in [4.69, 9.17) is 0 Å². The molecule has 0 aromatic heterocycles. The number of carbonyl (C=O) groups excluding carboxylic acids is 2. The van der Waals surface area contributed by atoms with Crippen LogP contribution in [0.3, 0.4) is 0 Å². The summed E-state index contributed by atoms with van der Waals surface area (Å²) in [5.74, 6) is -1.52. The van der Waals surface area contributed by atoms with Gasteiger partial charge in [-0.25, -0.2) is 0 Å². The Morgan fingerprint density at radius 2 is 1.58 bits per heavy atom. The lowest BCUT2D eigenvalue weighted by Gasteiger charge is -2.26. The van der Waals surface area contributed by atoms with Crippen molar-refractivity contribution in [1.82, 2.24) is 0 Å². The zero-order valence-electron chi connectivity index (χ0n) is 19.1. The molecule has 1 N–H and O–H groups in total. The molecule has 0 bridgehead atoms. The van der Waals surface area contributed by atoms with E-state index in [1.165, 1.54) is 4.90 Å². The number of ketones is 1. The molecule has 1 unspecified atom stereocenters. The van der Waals surface area contributed by atoms with Crippen LogP contribution in [0.2, 0.25) is 0 Å². The van der Waals surface area contributed by atoms with Crippen LogP contribution >= 0.6 is 15.9 Å². The van der Waals surface area contributed by atoms with Gasteiger partial charge in [0.15, 0.2) is 0 Å². The number of aliphatic hydroxyl groups excluding tert-OH is 1. The number of carbonyl (C=O) groups is 2. The summed E-state index contributed by atoms with van der Waals surface area (Å²) in [6, 6.07) is 21.6. The Bertz CT molecular complexity index is 1250. The summed E-state index contributed by atoms with van der Waals surface area (Å²) in [4.78, 5) is 27.9. The fourth-order valence-electron chi connectivity index (χ4n) is 4.12. The van der Waals surface area contributed by atoms with Gasteiger partial charge in [-0.15, -0.1) is 0 Å². The van der Waals surface area contributed by atoms with Crippen LogP contribution in [0.5, 0.6) is 0 Å². The first-order valence-electron chi connectivity index (χ1n) is 10.8. The van der Waals surface area contributed by atoms with Gasteiger partial charge in [0.05, 0.1) is 11.6 Å². The van der Waals surface area contributed by atoms with E-state index in [0.717, 1.165) is 21.2 Å². The van der Waals surface area contributed by atoms with Crippen molar-refractivity contribution in [2.75, 3.05) is 4.90 Å². The van der Waals surface area contributed by atoms with Crippen LogP contribution in [0, 0.1) is 6.92 Å². The molecule has 1 fully saturated rings. The number of rotatable bonds is 3. The molecular weight excluding hydrogens is 478 g/mol. The van der Waals surface area contributed by atoms with Gasteiger partial charge in [0.25, 0.3) is 11.7 Å². The summed E-state index contributed by atoms with van der Waals surface area (Å²) in [7, 11) is 0. The van der Waals surface area contributed by atoms with Gasteiger partial charge in [0, 0.05) is 15.7 Å². The van der Waals surface area contributed by atoms with Crippen LogP contribution in [0.15, 0.2) is 82.8 Å². The molecular formula is C28H26BrNO3. The number of aliphatic hydroxyl groups is 1. The topological polar surface area (TPSA) is 57.6 Å². The Labute approximate surface area is 202 Å². The number of benzene rings is 3. The zero-order chi connectivity index (χ0) is 23.9. The van der Waals surface area contributed by atoms with Crippen LogP contribution < -0.4 is 4.90 Å². The van der Waals surface area contributed by atoms with Crippen LogP contribution in [0.1, 0.15) is 49.1 Å². The molecule has 1 aliphatic rings. The van der Waals surface area contributed by atoms with Crippen molar-refractivity contribution in [1.29, 1.82) is 0 Å². The molecule has 1 aliphatic heterocycles. The predicted octanol–water partition coefficient (Wildman–Crippen LogP) is 6.68. The highest BCUT2D eigenvalue weighted by molar-refractivity contribution is 9.10. The molecule has 0 aliphatic carbocycles. The van der Waals surface area contributed by atoms with E-state index >= 15 is 0 Å². The first kappa shape index (κ1) is 23.0. The molecule has 1 atom stereocenters. The van der Waals surface area contributed by atoms with Gasteiger partial charge in [-0.05, 0) is 53.3 Å². The molecule has 1 amide bonds. The summed E-state index contributed by atoms with van der Waals surface area (Å²) in [5.41, 5.74) is 3.99. The van der Waals surface area contributed by atoms with E-state index in [1.807, 2.05) is 55.5 Å². The molecule has 5 heteroatoms. The number of anilines is 1. The molecule has 3 aromatic rings. The standard InChI is InChI=1S/C28H26BrNO3/c1-17-16-19(12-15-22(17)29)25(31)23-24(18-10-13-20(14-11-18)28(2,3)4)30(27(33)26(23)32)21-8-6-5-7-9-21/h5-16,24,31H,1-4H3/b25-23-. The van der Waals surface area contributed by atoms with E-state index in [-0.39, 0.29) is 16.7 Å². The van der Waals surface area contributed by atoms with Gasteiger partial charge in [0.1, 0.15) is 5.76 Å². The minimum Gasteiger partial charge on any atom is -0.507 e. The highest BCUT2D eigenvalue weighted by Gasteiger charge is 2.47. The minimum atomic E-state index is -0.731. The van der Waals surface area contributed by atoms with Crippen molar-refractivity contribution in [3.05, 3.63) is 105 Å². The number of aryl methyl sites for hydroxylation is 1. The largest absolute Gasteiger partial charge is 0.507 e. The van der Waals surface area contributed by atoms with Crippen molar-refractivity contribution >= 4 is 39.1 Å². The van der Waals surface area contributed by atoms with Crippen molar-refractivity contribution in [2.24, 2.45) is 0 Å². The van der Waals surface area contributed by atoms with Crippen LogP contribution in [0.4, 0.5) is 5.69 Å². The molecule has 1 heterocycles. The lowest BCUT2D eigenvalue weighted by atomic mass is 9.85. The molecule has 0 radical (unpaired) electrons. The van der Waals surface area contributed by atoms with Crippen molar-refractivity contribution in [3.63, 3.8) is 0 Å². The van der Waals surface area contributed by atoms with Crippen molar-refractivity contribution < 1.29 is 14.7 Å². The van der Waals surface area contributed by atoms with E-state index in [2.05, 4.69) is 36.7 Å². The second-order valence-corrected chi connectivity index (χ2v) is 10.2. The Morgan fingerprint density at radius 1 is 0.939 bits per heavy atom. The van der Waals surface area contributed by atoms with Crippen LogP contribution in [-0.4, -0.2) is 16.8 Å². The van der Waals surface area contributed by atoms with E-state index in [9.17, 15) is 14.7 Å². The summed E-state index contributed by atoms with van der Waals surface area (Å²) in [6.45, 7) is 8.31. The third-order valence-electron chi connectivity index (χ3n) is 6.00. The maximum absolute atomic E-state index is 13.2. The Balaban J connectivity index is 1.93. The maximum Gasteiger partial charge on any atom is 0.300 e. The van der Waals surface area contributed by atoms with Crippen molar-refractivity contribution in [3.8, 4) is 0 Å². The average molecular weight is 504 g/mol. The third kappa shape index (κ3) is 4.25. The van der Waals surface area contributed by atoms with Gasteiger partial charge in [-0.1, -0.05) is 85.2 Å². The van der Waals surface area contributed by atoms with E-state index in [1.54, 1.807) is 24.3 Å². The lowest BCUT2D eigenvalue weighted by Crippen LogP contribution is -2.29. The SMILES string of the molecule is Cc1cc(/C(O)=C2/C(=O)C(=O)N(c3ccccc3)C2c2ccc(C(C)(C)C)cc2)ccc1Br. The summed E-state index contributed by atoms with van der Waals surface area (Å²) < 4.78 is 0.901.